The molecule has 1 heterocycles. The van der Waals surface area contributed by atoms with Crippen LogP contribution in [0.15, 0.2) is 28.7 Å². The number of imide groups is 1. The van der Waals surface area contributed by atoms with Gasteiger partial charge in [-0.25, -0.2) is 4.79 Å². The number of aliphatic hydroxyl groups excluding tert-OH is 1. The fourth-order valence-corrected chi connectivity index (χ4v) is 2.40. The van der Waals surface area contributed by atoms with Crippen molar-refractivity contribution in [2.24, 2.45) is 0 Å². The van der Waals surface area contributed by atoms with E-state index in [0.717, 1.165) is 9.37 Å². The van der Waals surface area contributed by atoms with Crippen molar-refractivity contribution in [3.05, 3.63) is 28.7 Å². The van der Waals surface area contributed by atoms with Crippen LogP contribution in [0.5, 0.6) is 5.75 Å². The monoisotopic (exact) mass is 370 g/mol. The summed E-state index contributed by atoms with van der Waals surface area (Å²) in [6, 6.07) is 6.70. The zero-order chi connectivity index (χ0) is 16.3. The summed E-state index contributed by atoms with van der Waals surface area (Å²) in [6.07, 6.45) is -0.447. The van der Waals surface area contributed by atoms with Gasteiger partial charge in [0.25, 0.3) is 5.91 Å². The number of rotatable bonds is 6. The molecule has 0 bridgehead atoms. The number of carbonyl (C=O) groups excluding carboxylic acids is 2. The molecule has 0 radical (unpaired) electrons. The third-order valence-electron chi connectivity index (χ3n) is 3.70. The molecule has 0 spiro atoms. The Hall–Kier alpha value is -1.60. The number of hydrogen-bond donors (Lipinski definition) is 2. The lowest BCUT2D eigenvalue weighted by molar-refractivity contribution is -0.132. The number of hydrogen-bond acceptors (Lipinski definition) is 4. The molecule has 3 amide bonds. The van der Waals surface area contributed by atoms with Crippen LogP contribution in [0.2, 0.25) is 0 Å². The largest absolute Gasteiger partial charge is 0.491 e. The predicted octanol–water partition coefficient (Wildman–Crippen LogP) is 1.91. The molecule has 2 atom stereocenters. The summed E-state index contributed by atoms with van der Waals surface area (Å²) in [7, 11) is 0. The Morgan fingerprint density at radius 1 is 1.36 bits per heavy atom. The Labute approximate surface area is 137 Å². The van der Waals surface area contributed by atoms with Gasteiger partial charge in [0.15, 0.2) is 0 Å². The van der Waals surface area contributed by atoms with Crippen LogP contribution in [0.4, 0.5) is 4.79 Å². The highest BCUT2D eigenvalue weighted by Gasteiger charge is 2.46. The first-order valence-electron chi connectivity index (χ1n) is 7.06. The first-order chi connectivity index (χ1) is 10.4. The van der Waals surface area contributed by atoms with Crippen LogP contribution in [0.25, 0.3) is 0 Å². The van der Waals surface area contributed by atoms with Crippen molar-refractivity contribution in [1.82, 2.24) is 10.2 Å². The van der Waals surface area contributed by atoms with Gasteiger partial charge < -0.3 is 15.2 Å². The highest BCUT2D eigenvalue weighted by atomic mass is 79.9. The molecule has 1 saturated heterocycles. The van der Waals surface area contributed by atoms with E-state index in [0.29, 0.717) is 12.2 Å². The molecule has 0 unspecified atom stereocenters. The second-order valence-electron chi connectivity index (χ2n) is 5.45. The molecule has 120 valence electrons. The van der Waals surface area contributed by atoms with E-state index in [9.17, 15) is 14.7 Å². The fraction of sp³-hybridized carbons (Fsp3) is 0.467. The van der Waals surface area contributed by atoms with Gasteiger partial charge in [0, 0.05) is 4.47 Å². The summed E-state index contributed by atoms with van der Waals surface area (Å²) < 4.78 is 6.37. The molecule has 1 fully saturated rings. The standard InChI is InChI=1S/C15H19BrN2O4/c1-3-15(2)13(20)18(14(21)17-15)8-11(19)9-22-12-6-4-10(16)5-7-12/h4-7,11,19H,3,8-9H2,1-2H3,(H,17,21)/t11-,15+/m1/s1. The molecule has 1 aromatic carbocycles. The average molecular weight is 371 g/mol. The third kappa shape index (κ3) is 3.59. The first kappa shape index (κ1) is 16.8. The summed E-state index contributed by atoms with van der Waals surface area (Å²) in [6.45, 7) is 3.42. The number of ether oxygens (including phenoxy) is 1. The second-order valence-corrected chi connectivity index (χ2v) is 6.37. The van der Waals surface area contributed by atoms with Crippen LogP contribution in [0.3, 0.4) is 0 Å². The minimum absolute atomic E-state index is 0.00152. The van der Waals surface area contributed by atoms with E-state index < -0.39 is 17.7 Å². The topological polar surface area (TPSA) is 78.9 Å². The molecular formula is C15H19BrN2O4. The smallest absolute Gasteiger partial charge is 0.325 e. The number of amides is 3. The molecule has 7 heteroatoms. The zero-order valence-corrected chi connectivity index (χ0v) is 14.1. The van der Waals surface area contributed by atoms with Crippen molar-refractivity contribution in [2.45, 2.75) is 31.9 Å². The normalized spacial score (nSPS) is 22.6. The number of aliphatic hydroxyl groups is 1. The fourth-order valence-electron chi connectivity index (χ4n) is 2.14. The van der Waals surface area contributed by atoms with E-state index in [1.54, 1.807) is 19.1 Å². The third-order valence-corrected chi connectivity index (χ3v) is 4.23. The maximum atomic E-state index is 12.2. The number of β-amino-alcohol motifs (C(OH)–C–C–N with tert-alkyl or cyclic N) is 1. The Balaban J connectivity index is 1.89. The van der Waals surface area contributed by atoms with E-state index in [1.807, 2.05) is 19.1 Å². The molecule has 0 aliphatic carbocycles. The van der Waals surface area contributed by atoms with Crippen molar-refractivity contribution in [1.29, 1.82) is 0 Å². The summed E-state index contributed by atoms with van der Waals surface area (Å²) in [5.41, 5.74) is -0.886. The highest BCUT2D eigenvalue weighted by molar-refractivity contribution is 9.10. The maximum absolute atomic E-state index is 12.2. The van der Waals surface area contributed by atoms with E-state index in [-0.39, 0.29) is 19.1 Å². The Morgan fingerprint density at radius 2 is 2.00 bits per heavy atom. The van der Waals surface area contributed by atoms with E-state index in [1.165, 1.54) is 0 Å². The zero-order valence-electron chi connectivity index (χ0n) is 12.5. The number of nitrogens with one attached hydrogen (secondary N) is 1. The van der Waals surface area contributed by atoms with Gasteiger partial charge in [0.1, 0.15) is 24.0 Å². The summed E-state index contributed by atoms with van der Waals surface area (Å²) in [5.74, 6) is 0.292. The lowest BCUT2D eigenvalue weighted by atomic mass is 9.99. The van der Waals surface area contributed by atoms with Crippen molar-refractivity contribution >= 4 is 27.9 Å². The molecule has 2 N–H and O–H groups in total. The number of nitrogens with zero attached hydrogens (tertiary/aromatic N) is 1. The quantitative estimate of drug-likeness (QED) is 0.749. The van der Waals surface area contributed by atoms with Crippen LogP contribution in [-0.4, -0.2) is 46.7 Å². The lowest BCUT2D eigenvalue weighted by Gasteiger charge is -2.21. The Morgan fingerprint density at radius 3 is 2.55 bits per heavy atom. The van der Waals surface area contributed by atoms with Gasteiger partial charge >= 0.3 is 6.03 Å². The van der Waals surface area contributed by atoms with Crippen LogP contribution < -0.4 is 10.1 Å². The number of carbonyl (C=O) groups is 2. The molecule has 22 heavy (non-hydrogen) atoms. The van der Waals surface area contributed by atoms with Crippen LogP contribution in [0.1, 0.15) is 20.3 Å². The van der Waals surface area contributed by atoms with Gasteiger partial charge in [-0.2, -0.15) is 0 Å². The minimum atomic E-state index is -0.947. The van der Waals surface area contributed by atoms with E-state index in [2.05, 4.69) is 21.2 Å². The van der Waals surface area contributed by atoms with Gasteiger partial charge in [-0.05, 0) is 37.6 Å². The molecule has 0 aromatic heterocycles. The number of urea groups is 1. The van der Waals surface area contributed by atoms with Gasteiger partial charge in [-0.1, -0.05) is 22.9 Å². The van der Waals surface area contributed by atoms with E-state index in [4.69, 9.17) is 4.74 Å². The molecule has 6 nitrogen and oxygen atoms in total. The predicted molar refractivity (Wildman–Crippen MR) is 84.6 cm³/mol. The van der Waals surface area contributed by atoms with Crippen LogP contribution in [0, 0.1) is 0 Å². The molecule has 1 aliphatic rings. The van der Waals surface area contributed by atoms with Crippen molar-refractivity contribution in [2.75, 3.05) is 13.2 Å². The Bertz CT molecular complexity index is 563. The maximum Gasteiger partial charge on any atom is 0.325 e. The van der Waals surface area contributed by atoms with Gasteiger partial charge in [-0.3, -0.25) is 9.69 Å². The Kier molecular flexibility index (Phi) is 5.08. The number of benzene rings is 1. The van der Waals surface area contributed by atoms with Crippen molar-refractivity contribution < 1.29 is 19.4 Å². The molecule has 0 saturated carbocycles. The second kappa shape index (κ2) is 6.66. The molecular weight excluding hydrogens is 352 g/mol. The highest BCUT2D eigenvalue weighted by Crippen LogP contribution is 2.21. The average Bonchev–Trinajstić information content (AvgIpc) is 2.71. The summed E-state index contributed by atoms with van der Waals surface area (Å²) >= 11 is 3.32. The molecule has 2 rings (SSSR count). The van der Waals surface area contributed by atoms with Crippen LogP contribution in [-0.2, 0) is 4.79 Å². The SMILES string of the molecule is CC[C@]1(C)NC(=O)N(C[C@@H](O)COc2ccc(Br)cc2)C1=O. The number of halogens is 1. The van der Waals surface area contributed by atoms with Gasteiger partial charge in [-0.15, -0.1) is 0 Å². The van der Waals surface area contributed by atoms with Gasteiger partial charge in [0.2, 0.25) is 0 Å². The van der Waals surface area contributed by atoms with Crippen molar-refractivity contribution in [3.8, 4) is 5.75 Å². The summed E-state index contributed by atoms with van der Waals surface area (Å²) in [4.78, 5) is 25.1. The van der Waals surface area contributed by atoms with E-state index >= 15 is 0 Å². The molecule has 1 aromatic rings. The summed E-state index contributed by atoms with van der Waals surface area (Å²) in [5, 5.41) is 12.6. The van der Waals surface area contributed by atoms with Gasteiger partial charge in [0.05, 0.1) is 6.54 Å². The van der Waals surface area contributed by atoms with Crippen molar-refractivity contribution in [3.63, 3.8) is 0 Å². The molecule has 1 aliphatic heterocycles. The van der Waals surface area contributed by atoms with Crippen LogP contribution >= 0.6 is 15.9 Å². The lowest BCUT2D eigenvalue weighted by Crippen LogP contribution is -2.44. The first-order valence-corrected chi connectivity index (χ1v) is 7.85. The minimum Gasteiger partial charge on any atom is -0.491 e.